The average molecular weight is 226 g/mol. The topological polar surface area (TPSA) is 38.5 Å². The van der Waals surface area contributed by atoms with Crippen LogP contribution in [0.25, 0.3) is 0 Å². The fraction of sp³-hybridized carbons (Fsp3) is 1.00. The van der Waals surface area contributed by atoms with Crippen molar-refractivity contribution in [1.82, 2.24) is 4.90 Å². The molecule has 1 saturated heterocycles. The van der Waals surface area contributed by atoms with Gasteiger partial charge in [0.05, 0.1) is 12.2 Å². The molecule has 3 nitrogen and oxygen atoms in total. The first-order valence-corrected chi connectivity index (χ1v) is 6.80. The number of hydrogen-bond donors (Lipinski definition) is 1. The SMILES string of the molecule is C[C@@H]1CN(C(CN)C2CCCC2)C[C@H](C)O1. The van der Waals surface area contributed by atoms with Crippen LogP contribution in [0.4, 0.5) is 0 Å². The van der Waals surface area contributed by atoms with E-state index in [1.165, 1.54) is 25.7 Å². The lowest BCUT2D eigenvalue weighted by Gasteiger charge is -2.42. The molecule has 2 fully saturated rings. The largest absolute Gasteiger partial charge is 0.373 e. The minimum Gasteiger partial charge on any atom is -0.373 e. The van der Waals surface area contributed by atoms with Crippen molar-refractivity contribution in [2.45, 2.75) is 57.8 Å². The third kappa shape index (κ3) is 2.76. The predicted octanol–water partition coefficient (Wildman–Crippen LogP) is 1.61. The Morgan fingerprint density at radius 2 is 1.75 bits per heavy atom. The number of nitrogens with two attached hydrogens (primary N) is 1. The van der Waals surface area contributed by atoms with Gasteiger partial charge in [0.15, 0.2) is 0 Å². The van der Waals surface area contributed by atoms with Gasteiger partial charge in [-0.1, -0.05) is 12.8 Å². The Hall–Kier alpha value is -0.120. The van der Waals surface area contributed by atoms with Gasteiger partial charge in [0.2, 0.25) is 0 Å². The molecule has 1 unspecified atom stereocenters. The summed E-state index contributed by atoms with van der Waals surface area (Å²) in [6.07, 6.45) is 6.27. The van der Waals surface area contributed by atoms with E-state index in [-0.39, 0.29) is 0 Å². The maximum atomic E-state index is 5.99. The maximum Gasteiger partial charge on any atom is 0.0678 e. The first-order chi connectivity index (χ1) is 7.70. The molecule has 2 rings (SSSR count). The number of ether oxygens (including phenoxy) is 1. The lowest BCUT2D eigenvalue weighted by Crippen LogP contribution is -2.54. The molecule has 16 heavy (non-hydrogen) atoms. The van der Waals surface area contributed by atoms with Crippen LogP contribution < -0.4 is 5.73 Å². The van der Waals surface area contributed by atoms with Gasteiger partial charge in [0.25, 0.3) is 0 Å². The quantitative estimate of drug-likeness (QED) is 0.794. The monoisotopic (exact) mass is 226 g/mol. The van der Waals surface area contributed by atoms with Crippen molar-refractivity contribution in [2.75, 3.05) is 19.6 Å². The molecule has 2 aliphatic rings. The molecule has 2 N–H and O–H groups in total. The summed E-state index contributed by atoms with van der Waals surface area (Å²) in [4.78, 5) is 2.58. The second-order valence-electron chi connectivity index (χ2n) is 5.56. The third-order valence-corrected chi connectivity index (χ3v) is 4.10. The molecule has 0 spiro atoms. The summed E-state index contributed by atoms with van der Waals surface area (Å²) in [5, 5.41) is 0. The fourth-order valence-electron chi connectivity index (χ4n) is 3.47. The molecule has 3 atom stereocenters. The van der Waals surface area contributed by atoms with Gasteiger partial charge < -0.3 is 10.5 Å². The number of rotatable bonds is 3. The number of morpholine rings is 1. The van der Waals surface area contributed by atoms with Gasteiger partial charge in [-0.05, 0) is 32.6 Å². The average Bonchev–Trinajstić information content (AvgIpc) is 2.70. The van der Waals surface area contributed by atoms with E-state index in [0.717, 1.165) is 25.6 Å². The Balaban J connectivity index is 1.96. The van der Waals surface area contributed by atoms with Gasteiger partial charge in [-0.15, -0.1) is 0 Å². The summed E-state index contributed by atoms with van der Waals surface area (Å²) < 4.78 is 5.79. The van der Waals surface area contributed by atoms with Crippen molar-refractivity contribution in [2.24, 2.45) is 11.7 Å². The molecule has 0 bridgehead atoms. The summed E-state index contributed by atoms with van der Waals surface area (Å²) in [6, 6.07) is 0.594. The first-order valence-electron chi connectivity index (χ1n) is 6.80. The Bertz CT molecular complexity index is 206. The van der Waals surface area contributed by atoms with Crippen LogP contribution in [0.2, 0.25) is 0 Å². The molecule has 0 aromatic heterocycles. The minimum absolute atomic E-state index is 0.360. The van der Waals surface area contributed by atoms with Gasteiger partial charge in [-0.25, -0.2) is 0 Å². The molecule has 1 saturated carbocycles. The highest BCUT2D eigenvalue weighted by atomic mass is 16.5. The van der Waals surface area contributed by atoms with E-state index < -0.39 is 0 Å². The van der Waals surface area contributed by atoms with Crippen molar-refractivity contribution in [3.8, 4) is 0 Å². The number of nitrogens with zero attached hydrogens (tertiary/aromatic N) is 1. The van der Waals surface area contributed by atoms with E-state index in [4.69, 9.17) is 10.5 Å². The molecule has 3 heteroatoms. The molecule has 1 heterocycles. The predicted molar refractivity (Wildman–Crippen MR) is 66.4 cm³/mol. The van der Waals surface area contributed by atoms with Crippen LogP contribution in [0.15, 0.2) is 0 Å². The van der Waals surface area contributed by atoms with Gasteiger partial charge in [0, 0.05) is 25.7 Å². The molecule has 0 aromatic rings. The van der Waals surface area contributed by atoms with E-state index >= 15 is 0 Å². The van der Waals surface area contributed by atoms with Gasteiger partial charge in [-0.2, -0.15) is 0 Å². The Kier molecular flexibility index (Phi) is 4.22. The van der Waals surface area contributed by atoms with Crippen LogP contribution in [0, 0.1) is 5.92 Å². The fourth-order valence-corrected chi connectivity index (χ4v) is 3.47. The normalized spacial score (nSPS) is 35.4. The van der Waals surface area contributed by atoms with Crippen LogP contribution in [-0.2, 0) is 4.74 Å². The minimum atomic E-state index is 0.360. The zero-order chi connectivity index (χ0) is 11.5. The van der Waals surface area contributed by atoms with Crippen LogP contribution in [-0.4, -0.2) is 42.8 Å². The molecule has 0 radical (unpaired) electrons. The molecule has 1 aliphatic carbocycles. The summed E-state index contributed by atoms with van der Waals surface area (Å²) in [7, 11) is 0. The summed E-state index contributed by atoms with van der Waals surface area (Å²) in [5.41, 5.74) is 5.99. The molecular weight excluding hydrogens is 200 g/mol. The van der Waals surface area contributed by atoms with Crippen molar-refractivity contribution >= 4 is 0 Å². The lowest BCUT2D eigenvalue weighted by molar-refractivity contribution is -0.0855. The van der Waals surface area contributed by atoms with E-state index in [2.05, 4.69) is 18.7 Å². The van der Waals surface area contributed by atoms with E-state index in [1.54, 1.807) is 0 Å². The number of hydrogen-bond acceptors (Lipinski definition) is 3. The van der Waals surface area contributed by atoms with Crippen LogP contribution in [0.1, 0.15) is 39.5 Å². The Morgan fingerprint density at radius 3 is 2.25 bits per heavy atom. The smallest absolute Gasteiger partial charge is 0.0678 e. The van der Waals surface area contributed by atoms with Crippen molar-refractivity contribution < 1.29 is 4.74 Å². The zero-order valence-electron chi connectivity index (χ0n) is 10.7. The van der Waals surface area contributed by atoms with E-state index in [1.807, 2.05) is 0 Å². The molecule has 0 amide bonds. The molecule has 94 valence electrons. The zero-order valence-corrected chi connectivity index (χ0v) is 10.7. The highest BCUT2D eigenvalue weighted by Gasteiger charge is 2.33. The van der Waals surface area contributed by atoms with Crippen molar-refractivity contribution in [1.29, 1.82) is 0 Å². The van der Waals surface area contributed by atoms with Crippen LogP contribution in [0.5, 0.6) is 0 Å². The highest BCUT2D eigenvalue weighted by molar-refractivity contribution is 4.87. The first kappa shape index (κ1) is 12.3. The second-order valence-corrected chi connectivity index (χ2v) is 5.56. The summed E-state index contributed by atoms with van der Waals surface area (Å²) in [5.74, 6) is 0.836. The second kappa shape index (κ2) is 5.48. The molecule has 1 aliphatic heterocycles. The third-order valence-electron chi connectivity index (χ3n) is 4.10. The lowest BCUT2D eigenvalue weighted by atomic mass is 9.95. The highest BCUT2D eigenvalue weighted by Crippen LogP contribution is 2.31. The van der Waals surface area contributed by atoms with Gasteiger partial charge in [0.1, 0.15) is 0 Å². The van der Waals surface area contributed by atoms with Crippen LogP contribution >= 0.6 is 0 Å². The summed E-state index contributed by atoms with van der Waals surface area (Å²) >= 11 is 0. The van der Waals surface area contributed by atoms with Gasteiger partial charge in [-0.3, -0.25) is 4.90 Å². The van der Waals surface area contributed by atoms with Crippen molar-refractivity contribution in [3.63, 3.8) is 0 Å². The molecular formula is C13H26N2O. The van der Waals surface area contributed by atoms with Crippen molar-refractivity contribution in [3.05, 3.63) is 0 Å². The maximum absolute atomic E-state index is 5.99. The Morgan fingerprint density at radius 1 is 1.19 bits per heavy atom. The molecule has 0 aromatic carbocycles. The van der Waals surface area contributed by atoms with E-state index in [0.29, 0.717) is 18.2 Å². The summed E-state index contributed by atoms with van der Waals surface area (Å²) in [6.45, 7) is 7.27. The van der Waals surface area contributed by atoms with E-state index in [9.17, 15) is 0 Å². The standard InChI is InChI=1S/C13H26N2O/c1-10-8-15(9-11(2)16-10)13(7-14)12-5-3-4-6-12/h10-13H,3-9,14H2,1-2H3/t10-,11+,13?. The van der Waals surface area contributed by atoms with Crippen LogP contribution in [0.3, 0.4) is 0 Å². The van der Waals surface area contributed by atoms with Gasteiger partial charge >= 0.3 is 0 Å². The Labute approximate surface area is 99.3 Å².